The number of imide groups is 1. The Morgan fingerprint density at radius 2 is 1.86 bits per heavy atom. The van der Waals surface area contributed by atoms with E-state index < -0.39 is 23.3 Å². The second-order valence-corrected chi connectivity index (χ2v) is 9.12. The van der Waals surface area contributed by atoms with Crippen LogP contribution < -0.4 is 0 Å². The fraction of sp³-hybridized carbons (Fsp3) is 0.522. The molecule has 0 bridgehead atoms. The molecule has 0 aromatic heterocycles. The highest BCUT2D eigenvalue weighted by Crippen LogP contribution is 2.34. The highest BCUT2D eigenvalue weighted by molar-refractivity contribution is 6.14. The minimum atomic E-state index is -1.10. The largest absolute Gasteiger partial charge is 0.443 e. The molecule has 2 atom stereocenters. The maximum absolute atomic E-state index is 13.5. The van der Waals surface area contributed by atoms with Crippen molar-refractivity contribution in [3.05, 3.63) is 48.0 Å². The fourth-order valence-corrected chi connectivity index (χ4v) is 3.56. The van der Waals surface area contributed by atoms with Crippen LogP contribution in [0.5, 0.6) is 0 Å². The van der Waals surface area contributed by atoms with Crippen molar-refractivity contribution in [3.8, 4) is 0 Å². The lowest BCUT2D eigenvalue weighted by molar-refractivity contribution is -0.138. The molecule has 0 unspecified atom stereocenters. The van der Waals surface area contributed by atoms with E-state index in [1.165, 1.54) is 4.90 Å². The van der Waals surface area contributed by atoms with Gasteiger partial charge in [-0.15, -0.1) is 6.58 Å². The van der Waals surface area contributed by atoms with E-state index in [9.17, 15) is 9.59 Å². The molecule has 0 radical (unpaired) electrons. The van der Waals surface area contributed by atoms with Crippen molar-refractivity contribution >= 4 is 17.7 Å². The minimum absolute atomic E-state index is 0.0233. The molecule has 1 aliphatic rings. The van der Waals surface area contributed by atoms with Gasteiger partial charge in [-0.2, -0.15) is 0 Å². The van der Waals surface area contributed by atoms with Crippen LogP contribution in [0, 0.1) is 5.92 Å². The summed E-state index contributed by atoms with van der Waals surface area (Å²) in [5, 5.41) is 0. The highest BCUT2D eigenvalue weighted by atomic mass is 16.6. The Hall–Kier alpha value is -2.43. The number of rotatable bonds is 4. The lowest BCUT2D eigenvalue weighted by atomic mass is 9.84. The van der Waals surface area contributed by atoms with Gasteiger partial charge >= 0.3 is 6.09 Å². The number of nitrogens with zero attached hydrogens (tertiary/aromatic N) is 2. The van der Waals surface area contributed by atoms with Gasteiger partial charge in [0.2, 0.25) is 0 Å². The van der Waals surface area contributed by atoms with Gasteiger partial charge in [0.25, 0.3) is 5.91 Å². The third-order valence-corrected chi connectivity index (χ3v) is 4.54. The molecule has 1 aromatic carbocycles. The average Bonchev–Trinajstić information content (AvgIpc) is 2.55. The van der Waals surface area contributed by atoms with Gasteiger partial charge in [0.15, 0.2) is 0 Å². The van der Waals surface area contributed by atoms with Gasteiger partial charge in [0.1, 0.15) is 11.1 Å². The molecule has 0 spiro atoms. The zero-order chi connectivity index (χ0) is 21.3. The van der Waals surface area contributed by atoms with Crippen LogP contribution in [-0.4, -0.2) is 39.8 Å². The maximum atomic E-state index is 13.5. The number of hydrogen-bond donors (Lipinski definition) is 0. The van der Waals surface area contributed by atoms with E-state index in [4.69, 9.17) is 9.73 Å². The number of ether oxygens (including phenoxy) is 1. The number of carbonyl (C=O) groups excluding carboxylic acids is 2. The fourth-order valence-electron chi connectivity index (χ4n) is 3.56. The molecule has 0 saturated carbocycles. The first-order chi connectivity index (χ1) is 12.9. The van der Waals surface area contributed by atoms with Crippen molar-refractivity contribution in [2.45, 2.75) is 72.1 Å². The maximum Gasteiger partial charge on any atom is 0.417 e. The molecule has 1 heterocycles. The van der Waals surface area contributed by atoms with E-state index in [1.54, 1.807) is 27.7 Å². The number of amides is 2. The zero-order valence-electron chi connectivity index (χ0n) is 18.1. The molecule has 1 aromatic rings. The predicted octanol–water partition coefficient (Wildman–Crippen LogP) is 5.00. The van der Waals surface area contributed by atoms with Crippen molar-refractivity contribution in [2.75, 3.05) is 0 Å². The van der Waals surface area contributed by atoms with E-state index in [0.29, 0.717) is 6.42 Å². The predicted molar refractivity (Wildman–Crippen MR) is 113 cm³/mol. The summed E-state index contributed by atoms with van der Waals surface area (Å²) in [6.45, 7) is 16.9. The zero-order valence-corrected chi connectivity index (χ0v) is 18.1. The first kappa shape index (κ1) is 21.9. The van der Waals surface area contributed by atoms with Crippen molar-refractivity contribution < 1.29 is 14.3 Å². The summed E-state index contributed by atoms with van der Waals surface area (Å²) >= 11 is 0. The Morgan fingerprint density at radius 1 is 1.29 bits per heavy atom. The topological polar surface area (TPSA) is 59.0 Å². The molecule has 5 nitrogen and oxygen atoms in total. The molecule has 5 heteroatoms. The summed E-state index contributed by atoms with van der Waals surface area (Å²) in [7, 11) is 0. The first-order valence-electron chi connectivity index (χ1n) is 9.72. The van der Waals surface area contributed by atoms with Crippen LogP contribution in [0.15, 0.2) is 47.5 Å². The Morgan fingerprint density at radius 3 is 2.32 bits per heavy atom. The molecule has 0 saturated heterocycles. The van der Waals surface area contributed by atoms with E-state index >= 15 is 0 Å². The smallest absolute Gasteiger partial charge is 0.417 e. The first-order valence-corrected chi connectivity index (χ1v) is 9.72. The normalized spacial score (nSPS) is 22.9. The lowest BCUT2D eigenvalue weighted by Gasteiger charge is -2.43. The van der Waals surface area contributed by atoms with Gasteiger partial charge in [-0.3, -0.25) is 9.79 Å². The molecule has 152 valence electrons. The third-order valence-electron chi connectivity index (χ3n) is 4.54. The summed E-state index contributed by atoms with van der Waals surface area (Å²) in [5.74, 6) is -0.368. The van der Waals surface area contributed by atoms with Gasteiger partial charge in [0.05, 0.1) is 11.8 Å². The van der Waals surface area contributed by atoms with Crippen LogP contribution >= 0.6 is 0 Å². The highest BCUT2D eigenvalue weighted by Gasteiger charge is 2.50. The van der Waals surface area contributed by atoms with Crippen molar-refractivity contribution in [1.29, 1.82) is 0 Å². The van der Waals surface area contributed by atoms with E-state index in [1.807, 2.05) is 51.1 Å². The van der Waals surface area contributed by atoms with Crippen LogP contribution in [0.3, 0.4) is 0 Å². The van der Waals surface area contributed by atoms with Crippen molar-refractivity contribution in [2.24, 2.45) is 10.9 Å². The monoisotopic (exact) mass is 384 g/mol. The van der Waals surface area contributed by atoms with Crippen LogP contribution in [0.1, 0.15) is 60.5 Å². The SMILES string of the molecule is C=C(C)C[C@]1(C)N=C(c2ccccc2)[C@@H](C(C)C)N(C(=O)OC(C)(C)C)C1=O. The number of aliphatic imine (C=N–C) groups is 1. The molecule has 0 N–H and O–H groups in total. The quantitative estimate of drug-likeness (QED) is 0.686. The number of hydrogen-bond acceptors (Lipinski definition) is 4. The summed E-state index contributed by atoms with van der Waals surface area (Å²) in [5.41, 5.74) is 0.656. The molecular formula is C23H32N2O3. The van der Waals surface area contributed by atoms with Crippen LogP contribution in [0.4, 0.5) is 4.79 Å². The second kappa shape index (κ2) is 7.90. The number of carbonyl (C=O) groups is 2. The standard InChI is InChI=1S/C23H32N2O3/c1-15(2)14-23(8)20(26)25(21(27)28-22(5,6)7)19(16(3)4)18(24-23)17-12-10-9-11-13-17/h9-13,16,19H,1,14H2,2-8H3/t19-,23+/m1/s1. The van der Waals surface area contributed by atoms with Gasteiger partial charge in [0, 0.05) is 6.42 Å². The van der Waals surface area contributed by atoms with Gasteiger partial charge < -0.3 is 4.74 Å². The van der Waals surface area contributed by atoms with Crippen LogP contribution in [0.25, 0.3) is 0 Å². The lowest BCUT2D eigenvalue weighted by Crippen LogP contribution is -2.62. The summed E-state index contributed by atoms with van der Waals surface area (Å²) in [6, 6.07) is 9.21. The average molecular weight is 385 g/mol. The molecule has 28 heavy (non-hydrogen) atoms. The molecule has 1 aliphatic heterocycles. The molecule has 2 amide bonds. The molecule has 0 fully saturated rings. The van der Waals surface area contributed by atoms with E-state index in [2.05, 4.69) is 6.58 Å². The Kier molecular flexibility index (Phi) is 6.17. The Labute approximate surface area is 168 Å². The molecule has 0 aliphatic carbocycles. The minimum Gasteiger partial charge on any atom is -0.443 e. The second-order valence-electron chi connectivity index (χ2n) is 9.12. The van der Waals surface area contributed by atoms with Crippen molar-refractivity contribution in [1.82, 2.24) is 4.90 Å². The van der Waals surface area contributed by atoms with E-state index in [-0.39, 0.29) is 11.8 Å². The Balaban J connectivity index is 2.67. The van der Waals surface area contributed by atoms with E-state index in [0.717, 1.165) is 16.8 Å². The van der Waals surface area contributed by atoms with Gasteiger partial charge in [-0.05, 0) is 46.1 Å². The van der Waals surface area contributed by atoms with Crippen LogP contribution in [0.2, 0.25) is 0 Å². The van der Waals surface area contributed by atoms with Gasteiger partial charge in [-0.1, -0.05) is 49.8 Å². The summed E-state index contributed by atoms with van der Waals surface area (Å²) in [6.07, 6.45) is -0.265. The summed E-state index contributed by atoms with van der Waals surface area (Å²) in [4.78, 5) is 32.7. The summed E-state index contributed by atoms with van der Waals surface area (Å²) < 4.78 is 5.60. The number of benzene rings is 1. The van der Waals surface area contributed by atoms with Crippen molar-refractivity contribution in [3.63, 3.8) is 0 Å². The third kappa shape index (κ3) is 4.70. The Bertz CT molecular complexity index is 790. The van der Waals surface area contributed by atoms with Gasteiger partial charge in [-0.25, -0.2) is 9.69 Å². The van der Waals surface area contributed by atoms with Crippen LogP contribution in [-0.2, 0) is 9.53 Å². The molecule has 2 rings (SSSR count). The molecular weight excluding hydrogens is 352 g/mol.